The van der Waals surface area contributed by atoms with Crippen LogP contribution in [-0.2, 0) is 0 Å². The quantitative estimate of drug-likeness (QED) is 0.607. The van der Waals surface area contributed by atoms with Crippen LogP contribution in [0.25, 0.3) is 0 Å². The normalized spacial score (nSPS) is 15.4. The summed E-state index contributed by atoms with van der Waals surface area (Å²) >= 11 is 7.53. The Labute approximate surface area is 150 Å². The van der Waals surface area contributed by atoms with Gasteiger partial charge in [-0.25, -0.2) is 4.68 Å². The number of nitrogens with one attached hydrogen (secondary N) is 2. The number of piperidine rings is 1. The Bertz CT molecular complexity index is 669. The summed E-state index contributed by atoms with van der Waals surface area (Å²) in [7, 11) is 0. The second-order valence-electron chi connectivity index (χ2n) is 5.62. The van der Waals surface area contributed by atoms with Crippen LogP contribution >= 0.6 is 23.4 Å². The summed E-state index contributed by atoms with van der Waals surface area (Å²) in [5.41, 5.74) is 0.380. The molecule has 1 aliphatic rings. The minimum absolute atomic E-state index is 0.174. The van der Waals surface area contributed by atoms with Gasteiger partial charge in [0.2, 0.25) is 0 Å². The molecule has 1 aliphatic heterocycles. The maximum absolute atomic E-state index is 12.1. The molecule has 0 spiro atoms. The van der Waals surface area contributed by atoms with Crippen molar-refractivity contribution in [1.82, 2.24) is 25.6 Å². The van der Waals surface area contributed by atoms with E-state index in [4.69, 9.17) is 11.6 Å². The van der Waals surface area contributed by atoms with Gasteiger partial charge in [0.05, 0.1) is 12.2 Å². The molecule has 2 heterocycles. The van der Waals surface area contributed by atoms with Crippen LogP contribution in [0.2, 0.25) is 5.02 Å². The maximum atomic E-state index is 12.1. The molecule has 6 nitrogen and oxygen atoms in total. The number of hydrogen-bond acceptors (Lipinski definition) is 5. The van der Waals surface area contributed by atoms with Gasteiger partial charge in [0, 0.05) is 22.2 Å². The van der Waals surface area contributed by atoms with Gasteiger partial charge in [0.25, 0.3) is 5.91 Å². The number of carbonyl (C=O) groups excluding carboxylic acids is 1. The first kappa shape index (κ1) is 17.3. The predicted molar refractivity (Wildman–Crippen MR) is 95.7 cm³/mol. The lowest BCUT2D eigenvalue weighted by Gasteiger charge is -2.22. The van der Waals surface area contributed by atoms with Gasteiger partial charge in [-0.15, -0.1) is 16.9 Å². The Morgan fingerprint density at radius 2 is 2.08 bits per heavy atom. The average molecular weight is 366 g/mol. The lowest BCUT2D eigenvalue weighted by molar-refractivity contribution is 0.0951. The summed E-state index contributed by atoms with van der Waals surface area (Å²) in [6.45, 7) is 2.54. The Kier molecular flexibility index (Phi) is 6.12. The SMILES string of the molecule is O=C(NCCSc1ccc(Cl)cc1)c1cn(C2CCNCC2)nn1. The molecule has 1 fully saturated rings. The van der Waals surface area contributed by atoms with Crippen molar-refractivity contribution in [2.75, 3.05) is 25.4 Å². The van der Waals surface area contributed by atoms with E-state index in [0.717, 1.165) is 41.6 Å². The Hall–Kier alpha value is -1.57. The molecule has 1 amide bonds. The third-order valence-electron chi connectivity index (χ3n) is 3.90. The van der Waals surface area contributed by atoms with Crippen LogP contribution in [0.5, 0.6) is 0 Å². The summed E-state index contributed by atoms with van der Waals surface area (Å²) in [5.74, 6) is 0.613. The fraction of sp³-hybridized carbons (Fsp3) is 0.438. The van der Waals surface area contributed by atoms with Crippen molar-refractivity contribution in [3.05, 3.63) is 41.2 Å². The van der Waals surface area contributed by atoms with E-state index < -0.39 is 0 Å². The number of benzene rings is 1. The molecule has 1 saturated heterocycles. The molecular weight excluding hydrogens is 346 g/mol. The van der Waals surface area contributed by atoms with Gasteiger partial charge in [-0.3, -0.25) is 4.79 Å². The summed E-state index contributed by atoms with van der Waals surface area (Å²) < 4.78 is 1.82. The molecule has 8 heteroatoms. The topological polar surface area (TPSA) is 71.8 Å². The minimum atomic E-state index is -0.174. The fourth-order valence-corrected chi connectivity index (χ4v) is 3.48. The second kappa shape index (κ2) is 8.50. The molecular formula is C16H20ClN5OS. The summed E-state index contributed by atoms with van der Waals surface area (Å²) in [6, 6.07) is 8.00. The van der Waals surface area contributed by atoms with Crippen molar-refractivity contribution in [1.29, 1.82) is 0 Å². The molecule has 0 unspecified atom stereocenters. The highest BCUT2D eigenvalue weighted by atomic mass is 35.5. The average Bonchev–Trinajstić information content (AvgIpc) is 3.11. The van der Waals surface area contributed by atoms with Gasteiger partial charge in [-0.2, -0.15) is 0 Å². The second-order valence-corrected chi connectivity index (χ2v) is 7.23. The third kappa shape index (κ3) is 4.72. The molecule has 1 aromatic heterocycles. The van der Waals surface area contributed by atoms with Crippen molar-refractivity contribution >= 4 is 29.3 Å². The van der Waals surface area contributed by atoms with E-state index in [9.17, 15) is 4.79 Å². The van der Waals surface area contributed by atoms with E-state index in [2.05, 4.69) is 20.9 Å². The lowest BCUT2D eigenvalue weighted by atomic mass is 10.1. The van der Waals surface area contributed by atoms with E-state index in [0.29, 0.717) is 18.3 Å². The Balaban J connectivity index is 1.43. The van der Waals surface area contributed by atoms with Crippen molar-refractivity contribution < 1.29 is 4.79 Å². The molecule has 2 N–H and O–H groups in total. The van der Waals surface area contributed by atoms with Gasteiger partial charge < -0.3 is 10.6 Å². The van der Waals surface area contributed by atoms with E-state index in [-0.39, 0.29) is 5.91 Å². The van der Waals surface area contributed by atoms with Crippen molar-refractivity contribution in [2.24, 2.45) is 0 Å². The first-order valence-corrected chi connectivity index (χ1v) is 9.38. The molecule has 1 aromatic carbocycles. The van der Waals surface area contributed by atoms with Crippen LogP contribution in [-0.4, -0.2) is 46.3 Å². The molecule has 0 atom stereocenters. The number of amides is 1. The maximum Gasteiger partial charge on any atom is 0.273 e. The summed E-state index contributed by atoms with van der Waals surface area (Å²) in [5, 5.41) is 15.0. The van der Waals surface area contributed by atoms with Crippen molar-refractivity contribution in [2.45, 2.75) is 23.8 Å². The van der Waals surface area contributed by atoms with E-state index in [1.54, 1.807) is 18.0 Å². The molecule has 2 aromatic rings. The largest absolute Gasteiger partial charge is 0.350 e. The third-order valence-corrected chi connectivity index (χ3v) is 5.16. The van der Waals surface area contributed by atoms with Gasteiger partial charge in [0.1, 0.15) is 0 Å². The molecule has 0 aliphatic carbocycles. The number of rotatable bonds is 6. The predicted octanol–water partition coefficient (Wildman–Crippen LogP) is 2.38. The zero-order valence-corrected chi connectivity index (χ0v) is 14.8. The van der Waals surface area contributed by atoms with Crippen LogP contribution < -0.4 is 10.6 Å². The lowest BCUT2D eigenvalue weighted by Crippen LogP contribution is -2.29. The molecule has 24 heavy (non-hydrogen) atoms. The van der Waals surface area contributed by atoms with Crippen LogP contribution in [0.1, 0.15) is 29.4 Å². The zero-order chi connectivity index (χ0) is 16.8. The molecule has 3 rings (SSSR count). The standard InChI is InChI=1S/C16H20ClN5OS/c17-12-1-3-14(4-2-12)24-10-9-19-16(23)15-11-22(21-20-15)13-5-7-18-8-6-13/h1-4,11,13,18H,5-10H2,(H,19,23). The van der Waals surface area contributed by atoms with Gasteiger partial charge in [-0.05, 0) is 50.2 Å². The minimum Gasteiger partial charge on any atom is -0.350 e. The number of hydrogen-bond donors (Lipinski definition) is 2. The van der Waals surface area contributed by atoms with Crippen LogP contribution in [0.3, 0.4) is 0 Å². The summed E-state index contributed by atoms with van der Waals surface area (Å²) in [4.78, 5) is 13.3. The number of thioether (sulfide) groups is 1. The van der Waals surface area contributed by atoms with Gasteiger partial charge in [-0.1, -0.05) is 16.8 Å². The molecule has 0 saturated carbocycles. The first-order valence-electron chi connectivity index (χ1n) is 8.01. The zero-order valence-electron chi connectivity index (χ0n) is 13.2. The smallest absolute Gasteiger partial charge is 0.273 e. The van der Waals surface area contributed by atoms with Crippen molar-refractivity contribution in [3.63, 3.8) is 0 Å². The molecule has 128 valence electrons. The van der Waals surface area contributed by atoms with Gasteiger partial charge in [0.15, 0.2) is 5.69 Å². The number of halogens is 1. The number of nitrogens with zero attached hydrogens (tertiary/aromatic N) is 3. The van der Waals surface area contributed by atoms with Gasteiger partial charge >= 0.3 is 0 Å². The van der Waals surface area contributed by atoms with E-state index >= 15 is 0 Å². The van der Waals surface area contributed by atoms with E-state index in [1.165, 1.54) is 0 Å². The van der Waals surface area contributed by atoms with Crippen LogP contribution in [0.4, 0.5) is 0 Å². The monoisotopic (exact) mass is 365 g/mol. The number of aromatic nitrogens is 3. The highest BCUT2D eigenvalue weighted by molar-refractivity contribution is 7.99. The molecule has 0 bridgehead atoms. The van der Waals surface area contributed by atoms with Crippen molar-refractivity contribution in [3.8, 4) is 0 Å². The first-order chi connectivity index (χ1) is 11.7. The number of carbonyl (C=O) groups is 1. The highest BCUT2D eigenvalue weighted by Gasteiger charge is 2.18. The van der Waals surface area contributed by atoms with Crippen LogP contribution in [0.15, 0.2) is 35.4 Å². The molecule has 0 radical (unpaired) electrons. The van der Waals surface area contributed by atoms with Crippen LogP contribution in [0, 0.1) is 0 Å². The van der Waals surface area contributed by atoms with E-state index in [1.807, 2.05) is 28.9 Å². The Morgan fingerprint density at radius 1 is 1.33 bits per heavy atom. The highest BCUT2D eigenvalue weighted by Crippen LogP contribution is 2.20. The fourth-order valence-electron chi connectivity index (χ4n) is 2.59. The Morgan fingerprint density at radius 3 is 2.83 bits per heavy atom. The summed E-state index contributed by atoms with van der Waals surface area (Å²) in [6.07, 6.45) is 3.78.